The molecule has 2 rings (SSSR count). The molecule has 1 heterocycles. The van der Waals surface area contributed by atoms with Gasteiger partial charge in [-0.25, -0.2) is 4.39 Å². The van der Waals surface area contributed by atoms with Gasteiger partial charge in [-0.05, 0) is 37.6 Å². The van der Waals surface area contributed by atoms with Crippen molar-refractivity contribution in [3.8, 4) is 11.8 Å². The first-order chi connectivity index (χ1) is 12.3. The van der Waals surface area contributed by atoms with Crippen LogP contribution in [0.5, 0.6) is 0 Å². The van der Waals surface area contributed by atoms with Gasteiger partial charge in [0.2, 0.25) is 0 Å². The van der Waals surface area contributed by atoms with Gasteiger partial charge in [-0.1, -0.05) is 23.6 Å². The van der Waals surface area contributed by atoms with Gasteiger partial charge in [-0.2, -0.15) is 0 Å². The molecule has 1 aromatic carbocycles. The van der Waals surface area contributed by atoms with Crippen LogP contribution in [-0.2, 0) is 11.2 Å². The Labute approximate surface area is 154 Å². The number of benzene rings is 1. The van der Waals surface area contributed by atoms with Crippen molar-refractivity contribution >= 4 is 29.1 Å². The van der Waals surface area contributed by atoms with E-state index in [0.717, 1.165) is 0 Å². The molecule has 5 nitrogen and oxygen atoms in total. The smallest absolute Gasteiger partial charge is 0.296 e. The van der Waals surface area contributed by atoms with Crippen LogP contribution in [0.3, 0.4) is 0 Å². The Morgan fingerprint density at radius 3 is 2.65 bits per heavy atom. The third kappa shape index (κ3) is 4.58. The molecule has 0 unspecified atom stereocenters. The third-order valence-corrected chi connectivity index (χ3v) is 3.80. The summed E-state index contributed by atoms with van der Waals surface area (Å²) in [7, 11) is 0. The normalized spacial score (nSPS) is 10.0. The third-order valence-electron chi connectivity index (χ3n) is 3.51. The van der Waals surface area contributed by atoms with E-state index in [0.29, 0.717) is 5.56 Å². The molecule has 7 heteroatoms. The van der Waals surface area contributed by atoms with E-state index in [4.69, 9.17) is 16.0 Å². The number of hydrogen-bond donors (Lipinski definition) is 1. The van der Waals surface area contributed by atoms with Gasteiger partial charge in [0.15, 0.2) is 11.5 Å². The second-order valence-electron chi connectivity index (χ2n) is 5.37. The number of ketones is 2. The molecule has 26 heavy (non-hydrogen) atoms. The summed E-state index contributed by atoms with van der Waals surface area (Å²) in [5, 5.41) is 2.25. The first kappa shape index (κ1) is 19.4. The summed E-state index contributed by atoms with van der Waals surface area (Å²) in [6, 6.07) is 5.21. The van der Waals surface area contributed by atoms with Crippen LogP contribution in [0.15, 0.2) is 28.7 Å². The summed E-state index contributed by atoms with van der Waals surface area (Å²) >= 11 is 5.70. The van der Waals surface area contributed by atoms with Crippen LogP contribution >= 0.6 is 11.6 Å². The monoisotopic (exact) mass is 375 g/mol. The standard InChI is InChI=1S/C19H15ClFNO4/c1-3-4-7-22-19(25)18(24)17-10-13(11(2)26-17)16(23)9-12-5-6-15(21)14(20)8-12/h5-6,8,10H,7,9H2,1-2H3,(H,22,25). The predicted octanol–water partition coefficient (Wildman–Crippen LogP) is 3.13. The minimum absolute atomic E-state index is 0.0396. The summed E-state index contributed by atoms with van der Waals surface area (Å²) < 4.78 is 18.4. The average molecular weight is 376 g/mol. The maximum atomic E-state index is 13.2. The molecular formula is C19H15ClFNO4. The zero-order valence-electron chi connectivity index (χ0n) is 14.1. The van der Waals surface area contributed by atoms with Gasteiger partial charge in [0, 0.05) is 6.42 Å². The zero-order valence-corrected chi connectivity index (χ0v) is 14.9. The minimum atomic E-state index is -0.894. The van der Waals surface area contributed by atoms with E-state index in [1.165, 1.54) is 31.2 Å². The van der Waals surface area contributed by atoms with E-state index in [-0.39, 0.29) is 40.9 Å². The van der Waals surface area contributed by atoms with E-state index >= 15 is 0 Å². The van der Waals surface area contributed by atoms with Crippen molar-refractivity contribution in [2.45, 2.75) is 20.3 Å². The van der Waals surface area contributed by atoms with Crippen LogP contribution in [0.1, 0.15) is 39.2 Å². The number of nitrogens with one attached hydrogen (secondary N) is 1. The van der Waals surface area contributed by atoms with Gasteiger partial charge >= 0.3 is 0 Å². The van der Waals surface area contributed by atoms with Gasteiger partial charge in [0.1, 0.15) is 11.6 Å². The van der Waals surface area contributed by atoms with Crippen LogP contribution in [0, 0.1) is 24.6 Å². The predicted molar refractivity (Wildman–Crippen MR) is 93.7 cm³/mol. The molecule has 0 saturated carbocycles. The van der Waals surface area contributed by atoms with E-state index in [2.05, 4.69) is 17.2 Å². The molecule has 0 atom stereocenters. The Morgan fingerprint density at radius 1 is 1.27 bits per heavy atom. The lowest BCUT2D eigenvalue weighted by Crippen LogP contribution is -2.31. The molecule has 0 bridgehead atoms. The number of carbonyl (C=O) groups is 3. The van der Waals surface area contributed by atoms with Crippen molar-refractivity contribution < 1.29 is 23.2 Å². The lowest BCUT2D eigenvalue weighted by atomic mass is 10.0. The topological polar surface area (TPSA) is 76.4 Å². The van der Waals surface area contributed by atoms with Crippen molar-refractivity contribution in [2.24, 2.45) is 0 Å². The zero-order chi connectivity index (χ0) is 19.3. The molecule has 134 valence electrons. The Bertz CT molecular complexity index is 937. The number of Topliss-reactive ketones (excluding diaryl/α,β-unsaturated/α-hetero) is 2. The highest BCUT2D eigenvalue weighted by Gasteiger charge is 2.23. The number of furan rings is 1. The summed E-state index contributed by atoms with van der Waals surface area (Å²) in [6.07, 6.45) is -0.0493. The van der Waals surface area contributed by atoms with E-state index in [9.17, 15) is 18.8 Å². The first-order valence-corrected chi connectivity index (χ1v) is 8.01. The quantitative estimate of drug-likeness (QED) is 0.478. The van der Waals surface area contributed by atoms with Crippen LogP contribution in [-0.4, -0.2) is 24.0 Å². The fourth-order valence-electron chi connectivity index (χ4n) is 2.21. The van der Waals surface area contributed by atoms with Crippen LogP contribution in [0.2, 0.25) is 5.02 Å². The van der Waals surface area contributed by atoms with Crippen LogP contribution in [0.4, 0.5) is 4.39 Å². The highest BCUT2D eigenvalue weighted by atomic mass is 35.5. The van der Waals surface area contributed by atoms with Crippen molar-refractivity contribution in [1.29, 1.82) is 0 Å². The number of halogens is 2. The molecule has 0 aliphatic carbocycles. The second-order valence-corrected chi connectivity index (χ2v) is 5.77. The molecule has 0 aliphatic heterocycles. The molecule has 0 aliphatic rings. The van der Waals surface area contributed by atoms with Gasteiger partial charge in [-0.15, -0.1) is 5.92 Å². The fraction of sp³-hybridized carbons (Fsp3) is 0.211. The highest BCUT2D eigenvalue weighted by molar-refractivity contribution is 6.42. The molecule has 0 fully saturated rings. The molecule has 1 amide bonds. The Kier molecular flexibility index (Phi) is 6.31. The Balaban J connectivity index is 2.14. The number of hydrogen-bond acceptors (Lipinski definition) is 4. The van der Waals surface area contributed by atoms with Crippen molar-refractivity contribution in [3.05, 3.63) is 57.8 Å². The number of amides is 1. The maximum absolute atomic E-state index is 13.2. The molecule has 0 saturated heterocycles. The average Bonchev–Trinajstić information content (AvgIpc) is 2.99. The molecule has 0 spiro atoms. The lowest BCUT2D eigenvalue weighted by molar-refractivity contribution is -0.116. The van der Waals surface area contributed by atoms with E-state index in [1.54, 1.807) is 6.92 Å². The number of rotatable bonds is 6. The van der Waals surface area contributed by atoms with Gasteiger partial charge in [-0.3, -0.25) is 14.4 Å². The Hall–Kier alpha value is -2.91. The van der Waals surface area contributed by atoms with E-state index < -0.39 is 17.5 Å². The fourth-order valence-corrected chi connectivity index (χ4v) is 2.41. The van der Waals surface area contributed by atoms with Crippen molar-refractivity contribution in [1.82, 2.24) is 5.32 Å². The maximum Gasteiger partial charge on any atom is 0.296 e. The molecule has 2 aromatic rings. The summed E-state index contributed by atoms with van der Waals surface area (Å²) in [4.78, 5) is 36.2. The molecule has 1 N–H and O–H groups in total. The van der Waals surface area contributed by atoms with E-state index in [1.807, 2.05) is 0 Å². The summed E-state index contributed by atoms with van der Waals surface area (Å²) in [6.45, 7) is 3.16. The first-order valence-electron chi connectivity index (χ1n) is 7.63. The van der Waals surface area contributed by atoms with Crippen LogP contribution < -0.4 is 5.32 Å². The Morgan fingerprint density at radius 2 is 2.00 bits per heavy atom. The second kappa shape index (κ2) is 8.45. The van der Waals surface area contributed by atoms with Gasteiger partial charge < -0.3 is 9.73 Å². The number of carbonyl (C=O) groups excluding carboxylic acids is 3. The van der Waals surface area contributed by atoms with Crippen molar-refractivity contribution in [2.75, 3.05) is 6.54 Å². The highest BCUT2D eigenvalue weighted by Crippen LogP contribution is 2.20. The van der Waals surface area contributed by atoms with Gasteiger partial charge in [0.25, 0.3) is 11.7 Å². The lowest BCUT2D eigenvalue weighted by Gasteiger charge is -2.01. The largest absolute Gasteiger partial charge is 0.457 e. The summed E-state index contributed by atoms with van der Waals surface area (Å²) in [5.41, 5.74) is 0.695. The van der Waals surface area contributed by atoms with Crippen LogP contribution in [0.25, 0.3) is 0 Å². The van der Waals surface area contributed by atoms with Crippen molar-refractivity contribution in [3.63, 3.8) is 0 Å². The molecule has 0 radical (unpaired) electrons. The van der Waals surface area contributed by atoms with Gasteiger partial charge in [0.05, 0.1) is 17.1 Å². The minimum Gasteiger partial charge on any atom is -0.457 e. The summed E-state index contributed by atoms with van der Waals surface area (Å²) in [5.74, 6) is 2.49. The SMILES string of the molecule is CC#CCNC(=O)C(=O)c1cc(C(=O)Cc2ccc(F)c(Cl)c2)c(C)o1. The molecule has 1 aromatic heterocycles. The molecular weight excluding hydrogens is 361 g/mol. The number of aryl methyl sites for hydroxylation is 1.